The number of anilines is 1. The Kier molecular flexibility index (Phi) is 4.63. The van der Waals surface area contributed by atoms with Gasteiger partial charge in [0.2, 0.25) is 0 Å². The lowest BCUT2D eigenvalue weighted by Crippen LogP contribution is -2.48. The van der Waals surface area contributed by atoms with E-state index < -0.39 is 23.4 Å². The van der Waals surface area contributed by atoms with Crippen LogP contribution in [0.5, 0.6) is 0 Å². The van der Waals surface area contributed by atoms with Gasteiger partial charge in [-0.05, 0) is 38.0 Å². The van der Waals surface area contributed by atoms with E-state index >= 15 is 0 Å². The first-order valence-corrected chi connectivity index (χ1v) is 8.50. The highest BCUT2D eigenvalue weighted by Crippen LogP contribution is 2.51. The molecule has 26 heavy (non-hydrogen) atoms. The van der Waals surface area contributed by atoms with Crippen LogP contribution < -0.4 is 4.90 Å². The fourth-order valence-corrected chi connectivity index (χ4v) is 3.56. The van der Waals surface area contributed by atoms with Crippen molar-refractivity contribution in [3.05, 3.63) is 41.5 Å². The minimum absolute atomic E-state index is 0.0279. The van der Waals surface area contributed by atoms with Gasteiger partial charge in [-0.25, -0.2) is 14.5 Å². The van der Waals surface area contributed by atoms with Crippen molar-refractivity contribution >= 4 is 29.4 Å². The van der Waals surface area contributed by atoms with Crippen LogP contribution in [0.4, 0.5) is 10.5 Å². The number of rotatable bonds is 3. The van der Waals surface area contributed by atoms with Gasteiger partial charge in [0.1, 0.15) is 5.41 Å². The first kappa shape index (κ1) is 17.8. The molecule has 0 radical (unpaired) electrons. The third kappa shape index (κ3) is 2.51. The number of esters is 1. The fourth-order valence-electron chi connectivity index (χ4n) is 3.56. The summed E-state index contributed by atoms with van der Waals surface area (Å²) in [6.45, 7) is 3.50. The summed E-state index contributed by atoms with van der Waals surface area (Å²) >= 11 is 0. The number of ketones is 1. The maximum absolute atomic E-state index is 13.3. The minimum atomic E-state index is -1.41. The van der Waals surface area contributed by atoms with E-state index in [9.17, 15) is 19.2 Å². The predicted molar refractivity (Wildman–Crippen MR) is 91.6 cm³/mol. The monoisotopic (exact) mass is 357 g/mol. The largest absolute Gasteiger partial charge is 0.463 e. The molecule has 1 heterocycles. The number of imide groups is 1. The highest BCUT2D eigenvalue weighted by Gasteiger charge is 2.58. The summed E-state index contributed by atoms with van der Waals surface area (Å²) in [5.74, 6) is -1.57. The number of allylic oxidation sites excluding steroid dienone is 1. The lowest BCUT2D eigenvalue weighted by molar-refractivity contribution is -0.141. The summed E-state index contributed by atoms with van der Waals surface area (Å²) in [6.07, 6.45) is 0.564. The van der Waals surface area contributed by atoms with Gasteiger partial charge in [0.05, 0.1) is 24.5 Å². The Bertz CT molecular complexity index is 827. The van der Waals surface area contributed by atoms with Crippen LogP contribution in [0.3, 0.4) is 0 Å². The van der Waals surface area contributed by atoms with Crippen LogP contribution >= 0.6 is 0 Å². The maximum Gasteiger partial charge on any atom is 0.421 e. The summed E-state index contributed by atoms with van der Waals surface area (Å²) in [6, 6.07) is 6.73. The van der Waals surface area contributed by atoms with Gasteiger partial charge >= 0.3 is 12.1 Å². The van der Waals surface area contributed by atoms with Crippen molar-refractivity contribution in [1.29, 1.82) is 0 Å². The molecule has 0 bridgehead atoms. The molecule has 0 N–H and O–H groups in total. The van der Waals surface area contributed by atoms with Gasteiger partial charge in [0, 0.05) is 6.42 Å². The van der Waals surface area contributed by atoms with Gasteiger partial charge in [0.25, 0.3) is 5.91 Å². The third-order valence-electron chi connectivity index (χ3n) is 4.63. The average Bonchev–Trinajstić information content (AvgIpc) is 2.87. The maximum atomic E-state index is 13.3. The van der Waals surface area contributed by atoms with E-state index in [1.165, 1.54) is 6.08 Å². The smallest absolute Gasteiger partial charge is 0.421 e. The molecule has 1 aliphatic heterocycles. The topological polar surface area (TPSA) is 90.0 Å². The second-order valence-corrected chi connectivity index (χ2v) is 6.01. The van der Waals surface area contributed by atoms with Crippen molar-refractivity contribution in [3.8, 4) is 0 Å². The van der Waals surface area contributed by atoms with Crippen LogP contribution in [0.1, 0.15) is 32.3 Å². The molecule has 1 spiro atoms. The van der Waals surface area contributed by atoms with Crippen molar-refractivity contribution in [2.24, 2.45) is 0 Å². The molecule has 1 atom stereocenters. The first-order valence-electron chi connectivity index (χ1n) is 8.50. The molecule has 1 aromatic rings. The normalized spacial score (nSPS) is 21.5. The van der Waals surface area contributed by atoms with Crippen LogP contribution in [0.25, 0.3) is 0 Å². The van der Waals surface area contributed by atoms with Gasteiger partial charge < -0.3 is 9.47 Å². The molecular formula is C19H19NO6. The van der Waals surface area contributed by atoms with Crippen LogP contribution in [0.15, 0.2) is 35.9 Å². The minimum Gasteiger partial charge on any atom is -0.463 e. The number of para-hydroxylation sites is 1. The quantitative estimate of drug-likeness (QED) is 0.771. The molecule has 0 aromatic heterocycles. The van der Waals surface area contributed by atoms with E-state index in [4.69, 9.17) is 9.47 Å². The van der Waals surface area contributed by atoms with E-state index in [0.717, 1.165) is 4.90 Å². The molecule has 0 fully saturated rings. The van der Waals surface area contributed by atoms with Crippen LogP contribution in [-0.4, -0.2) is 37.0 Å². The molecule has 2 amide bonds. The lowest BCUT2D eigenvalue weighted by atomic mass is 9.68. The van der Waals surface area contributed by atoms with Gasteiger partial charge in [-0.3, -0.25) is 9.59 Å². The molecule has 2 aliphatic rings. The molecule has 7 nitrogen and oxygen atoms in total. The van der Waals surface area contributed by atoms with Crippen molar-refractivity contribution in [1.82, 2.24) is 0 Å². The number of carbonyl (C=O) groups is 4. The summed E-state index contributed by atoms with van der Waals surface area (Å²) in [7, 11) is 0. The SMILES string of the molecule is CCOC(=O)C1=CC(=O)CC[C@]12C(=O)N(C(=O)OCC)c1ccccc12. The van der Waals surface area contributed by atoms with E-state index in [1.807, 2.05) is 0 Å². The predicted octanol–water partition coefficient (Wildman–Crippen LogP) is 2.28. The standard InChI is InChI=1S/C19H19NO6/c1-3-25-16(22)14-11-12(21)9-10-19(14)13-7-5-6-8-15(13)20(17(19)23)18(24)26-4-2/h5-8,11H,3-4,9-10H2,1-2H3/t19-/m1/s1. The van der Waals surface area contributed by atoms with Crippen molar-refractivity contribution < 1.29 is 28.7 Å². The van der Waals surface area contributed by atoms with Crippen LogP contribution in [-0.2, 0) is 29.3 Å². The number of fused-ring (bicyclic) bond motifs is 2. The molecule has 1 aromatic carbocycles. The highest BCUT2D eigenvalue weighted by molar-refractivity contribution is 6.26. The number of hydrogen-bond acceptors (Lipinski definition) is 6. The summed E-state index contributed by atoms with van der Waals surface area (Å²) in [5.41, 5.74) is -0.575. The number of ether oxygens (including phenoxy) is 2. The molecular weight excluding hydrogens is 338 g/mol. The average molecular weight is 357 g/mol. The van der Waals surface area contributed by atoms with E-state index in [0.29, 0.717) is 11.3 Å². The number of benzene rings is 1. The van der Waals surface area contributed by atoms with Gasteiger partial charge in [-0.15, -0.1) is 0 Å². The van der Waals surface area contributed by atoms with Crippen molar-refractivity contribution in [2.45, 2.75) is 32.1 Å². The second-order valence-electron chi connectivity index (χ2n) is 6.01. The fraction of sp³-hybridized carbons (Fsp3) is 0.368. The molecule has 0 saturated heterocycles. The van der Waals surface area contributed by atoms with Gasteiger partial charge in [0.15, 0.2) is 5.78 Å². The zero-order chi connectivity index (χ0) is 18.9. The number of hydrogen-bond donors (Lipinski definition) is 0. The summed E-state index contributed by atoms with van der Waals surface area (Å²) in [4.78, 5) is 51.2. The van der Waals surface area contributed by atoms with Crippen LogP contribution in [0.2, 0.25) is 0 Å². The lowest BCUT2D eigenvalue weighted by Gasteiger charge is -2.32. The third-order valence-corrected chi connectivity index (χ3v) is 4.63. The molecule has 3 rings (SSSR count). The zero-order valence-corrected chi connectivity index (χ0v) is 14.6. The molecule has 0 saturated carbocycles. The summed E-state index contributed by atoms with van der Waals surface area (Å²) < 4.78 is 10.1. The molecule has 0 unspecified atom stereocenters. The van der Waals surface area contributed by atoms with Gasteiger partial charge in [-0.1, -0.05) is 18.2 Å². The highest BCUT2D eigenvalue weighted by atomic mass is 16.6. The Balaban J connectivity index is 2.21. The Morgan fingerprint density at radius 2 is 1.81 bits per heavy atom. The first-order chi connectivity index (χ1) is 12.5. The summed E-state index contributed by atoms with van der Waals surface area (Å²) in [5, 5.41) is 0. The Morgan fingerprint density at radius 1 is 1.12 bits per heavy atom. The number of carbonyl (C=O) groups excluding carboxylic acids is 4. The Labute approximate surface area is 150 Å². The Morgan fingerprint density at radius 3 is 2.50 bits per heavy atom. The zero-order valence-electron chi connectivity index (χ0n) is 14.6. The van der Waals surface area contributed by atoms with Gasteiger partial charge in [-0.2, -0.15) is 0 Å². The van der Waals surface area contributed by atoms with E-state index in [-0.39, 0.29) is 37.4 Å². The Hall–Kier alpha value is -2.96. The van der Waals surface area contributed by atoms with Crippen molar-refractivity contribution in [3.63, 3.8) is 0 Å². The molecule has 136 valence electrons. The van der Waals surface area contributed by atoms with E-state index in [1.54, 1.807) is 38.1 Å². The molecule has 7 heteroatoms. The van der Waals surface area contributed by atoms with Crippen LogP contribution in [0, 0.1) is 0 Å². The number of amides is 2. The molecule has 1 aliphatic carbocycles. The van der Waals surface area contributed by atoms with E-state index in [2.05, 4.69) is 0 Å². The second kappa shape index (κ2) is 6.74. The van der Waals surface area contributed by atoms with Crippen molar-refractivity contribution in [2.75, 3.05) is 18.1 Å². The number of nitrogens with zero attached hydrogens (tertiary/aromatic N) is 1.